The Labute approximate surface area is 291 Å². The summed E-state index contributed by atoms with van der Waals surface area (Å²) in [5.74, 6) is 2.79. The maximum Gasteiger partial charge on any atom is 0.312 e. The number of hydrogen-bond donors (Lipinski definition) is 2. The van der Waals surface area contributed by atoms with Crippen LogP contribution in [0, 0.1) is 56.7 Å². The van der Waals surface area contributed by atoms with Crippen LogP contribution in [0.4, 0.5) is 4.39 Å². The number of carboxylic acids is 1. The maximum absolute atomic E-state index is 13.9. The third-order valence-corrected chi connectivity index (χ3v) is 17.3. The highest BCUT2D eigenvalue weighted by Gasteiger charge is 2.70. The van der Waals surface area contributed by atoms with E-state index in [2.05, 4.69) is 63.9 Å². The van der Waals surface area contributed by atoms with Gasteiger partial charge in [-0.2, -0.15) is 0 Å². The van der Waals surface area contributed by atoms with E-state index in [1.807, 2.05) is 0 Å². The average Bonchev–Trinajstić information content (AvgIpc) is 3.44. The Hall–Kier alpha value is -1.24. The molecule has 10 atom stereocenters. The molecular formula is C42H67FN2O3. The van der Waals surface area contributed by atoms with Crippen molar-refractivity contribution >= 4 is 5.97 Å². The molecule has 6 aliphatic carbocycles. The summed E-state index contributed by atoms with van der Waals surface area (Å²) in [4.78, 5) is 14.6. The fourth-order valence-electron chi connectivity index (χ4n) is 14.5. The summed E-state index contributed by atoms with van der Waals surface area (Å²) in [5, 5.41) is 14.1. The summed E-state index contributed by atoms with van der Waals surface area (Å²) in [7, 11) is 0. The number of allylic oxidation sites excluding steroid dienone is 4. The first-order chi connectivity index (χ1) is 22.8. The van der Waals surface area contributed by atoms with Gasteiger partial charge in [0, 0.05) is 31.7 Å². The van der Waals surface area contributed by atoms with Crippen molar-refractivity contribution in [3.63, 3.8) is 0 Å². The highest BCUT2D eigenvalue weighted by Crippen LogP contribution is 2.76. The van der Waals surface area contributed by atoms with Crippen LogP contribution in [0.15, 0.2) is 23.3 Å². The average molecular weight is 667 g/mol. The molecule has 4 saturated carbocycles. The minimum absolute atomic E-state index is 0.0295. The number of halogens is 1. The monoisotopic (exact) mass is 667 g/mol. The lowest BCUT2D eigenvalue weighted by Crippen LogP contribution is -2.68. The first kappa shape index (κ1) is 35.2. The summed E-state index contributed by atoms with van der Waals surface area (Å²) in [6.45, 7) is 21.0. The molecule has 1 saturated heterocycles. The molecule has 48 heavy (non-hydrogen) atoms. The second kappa shape index (κ2) is 12.5. The van der Waals surface area contributed by atoms with Gasteiger partial charge in [-0.3, -0.25) is 9.69 Å². The summed E-state index contributed by atoms with van der Waals surface area (Å²) in [5.41, 5.74) is 2.83. The Bertz CT molecular complexity index is 1310. The molecule has 0 aromatic heterocycles. The molecule has 0 amide bonds. The van der Waals surface area contributed by atoms with Crippen LogP contribution < -0.4 is 5.32 Å². The Morgan fingerprint density at radius 1 is 0.938 bits per heavy atom. The van der Waals surface area contributed by atoms with Crippen molar-refractivity contribution in [2.24, 2.45) is 56.7 Å². The fourth-order valence-corrected chi connectivity index (χ4v) is 14.5. The van der Waals surface area contributed by atoms with Gasteiger partial charge in [0.15, 0.2) is 0 Å². The van der Waals surface area contributed by atoms with Crippen LogP contribution in [0.2, 0.25) is 0 Å². The van der Waals surface area contributed by atoms with Gasteiger partial charge in [0.1, 0.15) is 6.67 Å². The SMILES string of the molecule is CCC1CCC2(NCCN3CCOCC3)CCC3(C)C(CCC4C5(C)CC=C(C6=CCC(CF)(C(=O)O)CC6)C(C)(C)C5CCC43C)C12. The van der Waals surface area contributed by atoms with Gasteiger partial charge in [0.25, 0.3) is 0 Å². The summed E-state index contributed by atoms with van der Waals surface area (Å²) < 4.78 is 19.6. The van der Waals surface area contributed by atoms with Crippen molar-refractivity contribution in [3.05, 3.63) is 23.3 Å². The first-order valence-electron chi connectivity index (χ1n) is 20.0. The zero-order chi connectivity index (χ0) is 34.2. The number of carbonyl (C=O) groups is 1. The molecule has 7 rings (SSSR count). The normalized spacial score (nSPS) is 47.2. The molecule has 6 heteroatoms. The molecule has 0 bridgehead atoms. The molecule has 5 nitrogen and oxygen atoms in total. The number of ether oxygens (including phenoxy) is 1. The zero-order valence-electron chi connectivity index (χ0n) is 31.3. The van der Waals surface area contributed by atoms with Crippen LogP contribution in [0.3, 0.4) is 0 Å². The van der Waals surface area contributed by atoms with Gasteiger partial charge in [0.2, 0.25) is 0 Å². The van der Waals surface area contributed by atoms with Gasteiger partial charge in [-0.15, -0.1) is 0 Å². The van der Waals surface area contributed by atoms with E-state index in [9.17, 15) is 14.3 Å². The molecule has 2 N–H and O–H groups in total. The summed E-state index contributed by atoms with van der Waals surface area (Å²) >= 11 is 0. The van der Waals surface area contributed by atoms with E-state index in [1.54, 1.807) is 0 Å². The largest absolute Gasteiger partial charge is 0.481 e. The first-order valence-corrected chi connectivity index (χ1v) is 20.0. The van der Waals surface area contributed by atoms with Crippen molar-refractivity contribution < 1.29 is 19.0 Å². The third kappa shape index (κ3) is 5.09. The van der Waals surface area contributed by atoms with E-state index < -0.39 is 18.1 Å². The molecule has 1 heterocycles. The van der Waals surface area contributed by atoms with Crippen LogP contribution in [0.1, 0.15) is 125 Å². The molecule has 1 aliphatic heterocycles. The number of nitrogens with one attached hydrogen (secondary N) is 1. The van der Waals surface area contributed by atoms with Crippen LogP contribution in [-0.4, -0.2) is 67.6 Å². The number of morpholine rings is 1. The lowest BCUT2D eigenvalue weighted by molar-refractivity contribution is -0.222. The summed E-state index contributed by atoms with van der Waals surface area (Å²) in [6, 6.07) is 0. The smallest absolute Gasteiger partial charge is 0.312 e. The topological polar surface area (TPSA) is 61.8 Å². The van der Waals surface area contributed by atoms with Gasteiger partial charge < -0.3 is 15.2 Å². The molecule has 270 valence electrons. The van der Waals surface area contributed by atoms with Crippen LogP contribution in [-0.2, 0) is 9.53 Å². The van der Waals surface area contributed by atoms with E-state index in [1.165, 1.54) is 68.9 Å². The lowest BCUT2D eigenvalue weighted by atomic mass is 9.33. The predicted octanol–water partition coefficient (Wildman–Crippen LogP) is 8.84. The second-order valence-corrected chi connectivity index (χ2v) is 19.1. The van der Waals surface area contributed by atoms with E-state index in [0.717, 1.165) is 69.5 Å². The molecule has 0 radical (unpaired) electrons. The zero-order valence-corrected chi connectivity index (χ0v) is 31.3. The van der Waals surface area contributed by atoms with Gasteiger partial charge in [-0.05, 0) is 139 Å². The van der Waals surface area contributed by atoms with E-state index in [-0.39, 0.29) is 10.8 Å². The number of hydrogen-bond acceptors (Lipinski definition) is 4. The second-order valence-electron chi connectivity index (χ2n) is 19.1. The van der Waals surface area contributed by atoms with E-state index in [4.69, 9.17) is 4.74 Å². The van der Waals surface area contributed by atoms with Crippen molar-refractivity contribution in [2.45, 2.75) is 131 Å². The molecule has 0 aromatic rings. The Morgan fingerprint density at radius 3 is 2.38 bits per heavy atom. The van der Waals surface area contributed by atoms with E-state index in [0.29, 0.717) is 41.5 Å². The van der Waals surface area contributed by atoms with Crippen LogP contribution >= 0.6 is 0 Å². The number of fused-ring (bicyclic) bond motifs is 7. The van der Waals surface area contributed by atoms with Crippen LogP contribution in [0.25, 0.3) is 0 Å². The van der Waals surface area contributed by atoms with Crippen LogP contribution in [0.5, 0.6) is 0 Å². The molecule has 7 aliphatic rings. The number of carboxylic acid groups (broad SMARTS) is 1. The minimum atomic E-state index is -1.23. The Morgan fingerprint density at radius 2 is 1.71 bits per heavy atom. The summed E-state index contributed by atoms with van der Waals surface area (Å²) in [6.07, 6.45) is 19.3. The van der Waals surface area contributed by atoms with Crippen molar-refractivity contribution in [3.8, 4) is 0 Å². The number of aliphatic carboxylic acids is 1. The molecule has 0 spiro atoms. The van der Waals surface area contributed by atoms with Gasteiger partial charge in [0.05, 0.1) is 18.6 Å². The highest BCUT2D eigenvalue weighted by molar-refractivity contribution is 5.75. The molecule has 10 unspecified atom stereocenters. The lowest BCUT2D eigenvalue weighted by Gasteiger charge is -2.72. The standard InChI is InChI=1S/C42H67FN2O3/c1-7-29-12-19-42(44-22-23-45-24-26-48-27-25-45)21-20-39(5)32(35(29)42)8-9-34-38(4)15-13-31(37(2,3)33(38)14-16-40(34,39)6)30-10-17-41(28-43,18-11-30)36(46)47/h10,13,29,32-35,44H,7-9,11-12,14-28H2,1-6H3,(H,46,47). The quantitative estimate of drug-likeness (QED) is 0.271. The molecular weight excluding hydrogens is 599 g/mol. The highest BCUT2D eigenvalue weighted by atomic mass is 19.1. The fraction of sp³-hybridized carbons (Fsp3) is 0.881. The van der Waals surface area contributed by atoms with Gasteiger partial charge >= 0.3 is 5.97 Å². The van der Waals surface area contributed by atoms with Crippen molar-refractivity contribution in [2.75, 3.05) is 46.1 Å². The Kier molecular flexibility index (Phi) is 9.13. The molecule has 0 aromatic carbocycles. The van der Waals surface area contributed by atoms with Crippen molar-refractivity contribution in [1.29, 1.82) is 0 Å². The molecule has 5 fully saturated rings. The number of rotatable bonds is 8. The number of alkyl halides is 1. The van der Waals surface area contributed by atoms with Gasteiger partial charge in [-0.25, -0.2) is 4.39 Å². The maximum atomic E-state index is 13.9. The third-order valence-electron chi connectivity index (χ3n) is 17.3. The number of nitrogens with zero attached hydrogens (tertiary/aromatic N) is 1. The van der Waals surface area contributed by atoms with Gasteiger partial charge in [-0.1, -0.05) is 60.1 Å². The minimum Gasteiger partial charge on any atom is -0.481 e. The van der Waals surface area contributed by atoms with Crippen molar-refractivity contribution in [1.82, 2.24) is 10.2 Å². The Balaban J connectivity index is 1.13. The van der Waals surface area contributed by atoms with E-state index >= 15 is 0 Å². The predicted molar refractivity (Wildman–Crippen MR) is 191 cm³/mol.